The van der Waals surface area contributed by atoms with Gasteiger partial charge in [-0.3, -0.25) is 9.32 Å². The van der Waals surface area contributed by atoms with E-state index in [1.807, 2.05) is 0 Å². The van der Waals surface area contributed by atoms with Crippen molar-refractivity contribution in [2.24, 2.45) is 0 Å². The number of hydrogen-bond acceptors (Lipinski definition) is 5. The van der Waals surface area contributed by atoms with E-state index in [-0.39, 0.29) is 6.10 Å². The van der Waals surface area contributed by atoms with E-state index in [2.05, 4.69) is 5.09 Å². The van der Waals surface area contributed by atoms with Gasteiger partial charge in [-0.25, -0.2) is 4.57 Å². The SMILES string of the molecule is CO[P@@](=O)(N[C@@H](C)C(=O)OC(C)C)Oc1ccccc1. The van der Waals surface area contributed by atoms with Crippen LogP contribution in [0.5, 0.6) is 5.75 Å². The summed E-state index contributed by atoms with van der Waals surface area (Å²) in [6, 6.07) is 7.76. The lowest BCUT2D eigenvalue weighted by molar-refractivity contribution is -0.149. The van der Waals surface area contributed by atoms with Gasteiger partial charge >= 0.3 is 13.7 Å². The van der Waals surface area contributed by atoms with Crippen molar-refractivity contribution in [2.45, 2.75) is 32.9 Å². The fourth-order valence-electron chi connectivity index (χ4n) is 1.36. The molecule has 1 aromatic carbocycles. The predicted octanol–water partition coefficient (Wildman–Crippen LogP) is 2.75. The lowest BCUT2D eigenvalue weighted by Gasteiger charge is -2.21. The number of rotatable bonds is 7. The Balaban J connectivity index is 2.70. The number of carbonyl (C=O) groups is 1. The number of hydrogen-bond donors (Lipinski definition) is 1. The number of carbonyl (C=O) groups excluding carboxylic acids is 1. The van der Waals surface area contributed by atoms with Crippen LogP contribution in [0, 0.1) is 0 Å². The summed E-state index contributed by atoms with van der Waals surface area (Å²) in [5.74, 6) is -0.136. The van der Waals surface area contributed by atoms with Crippen molar-refractivity contribution in [1.82, 2.24) is 5.09 Å². The first-order valence-corrected chi connectivity index (χ1v) is 7.79. The Hall–Kier alpha value is -1.36. The Bertz CT molecular complexity index is 477. The molecule has 6 nitrogen and oxygen atoms in total. The van der Waals surface area contributed by atoms with E-state index >= 15 is 0 Å². The van der Waals surface area contributed by atoms with Gasteiger partial charge in [0.05, 0.1) is 6.10 Å². The predicted molar refractivity (Wildman–Crippen MR) is 75.5 cm³/mol. The van der Waals surface area contributed by atoms with E-state index in [4.69, 9.17) is 13.8 Å². The third kappa shape index (κ3) is 5.33. The quantitative estimate of drug-likeness (QED) is 0.616. The largest absolute Gasteiger partial charge is 0.462 e. The van der Waals surface area contributed by atoms with Gasteiger partial charge in [0.1, 0.15) is 11.8 Å². The second kappa shape index (κ2) is 7.43. The summed E-state index contributed by atoms with van der Waals surface area (Å²) in [6.45, 7) is 5.01. The molecule has 0 fully saturated rings. The van der Waals surface area contributed by atoms with Gasteiger partial charge in [-0.1, -0.05) is 18.2 Å². The fourth-order valence-corrected chi connectivity index (χ4v) is 2.57. The molecule has 1 aromatic rings. The molecule has 0 aliphatic heterocycles. The summed E-state index contributed by atoms with van der Waals surface area (Å²) < 4.78 is 27.6. The van der Waals surface area contributed by atoms with Gasteiger partial charge in [0.2, 0.25) is 0 Å². The lowest BCUT2D eigenvalue weighted by Crippen LogP contribution is -2.36. The smallest absolute Gasteiger partial charge is 0.459 e. The number of esters is 1. The molecule has 0 aliphatic rings. The van der Waals surface area contributed by atoms with E-state index in [1.165, 1.54) is 14.0 Å². The van der Waals surface area contributed by atoms with Crippen LogP contribution in [0.1, 0.15) is 20.8 Å². The van der Waals surface area contributed by atoms with Crippen molar-refractivity contribution in [1.29, 1.82) is 0 Å². The van der Waals surface area contributed by atoms with Crippen molar-refractivity contribution >= 4 is 13.7 Å². The minimum atomic E-state index is -3.63. The molecule has 0 aromatic heterocycles. The highest BCUT2D eigenvalue weighted by Gasteiger charge is 2.31. The molecule has 1 rings (SSSR count). The van der Waals surface area contributed by atoms with Crippen LogP contribution in [-0.4, -0.2) is 25.2 Å². The minimum Gasteiger partial charge on any atom is -0.462 e. The fraction of sp³-hybridized carbons (Fsp3) is 0.462. The zero-order chi connectivity index (χ0) is 15.2. The molecular formula is C13H20NO5P. The molecular weight excluding hydrogens is 281 g/mol. The zero-order valence-electron chi connectivity index (χ0n) is 12.0. The van der Waals surface area contributed by atoms with E-state index in [9.17, 15) is 9.36 Å². The van der Waals surface area contributed by atoms with Crippen LogP contribution >= 0.6 is 7.75 Å². The summed E-state index contributed by atoms with van der Waals surface area (Å²) >= 11 is 0. The Morgan fingerprint density at radius 2 is 1.80 bits per heavy atom. The van der Waals surface area contributed by atoms with E-state index in [1.54, 1.807) is 44.2 Å². The molecule has 0 aliphatic carbocycles. The summed E-state index contributed by atoms with van der Waals surface area (Å²) in [5.41, 5.74) is 0. The van der Waals surface area contributed by atoms with E-state index in [0.29, 0.717) is 5.75 Å². The average molecular weight is 301 g/mol. The average Bonchev–Trinajstić information content (AvgIpc) is 2.39. The molecule has 0 unspecified atom stereocenters. The Morgan fingerprint density at radius 3 is 2.30 bits per heavy atom. The van der Waals surface area contributed by atoms with Crippen molar-refractivity contribution in [3.63, 3.8) is 0 Å². The zero-order valence-corrected chi connectivity index (χ0v) is 12.9. The molecule has 0 bridgehead atoms. The second-order valence-electron chi connectivity index (χ2n) is 4.42. The summed E-state index contributed by atoms with van der Waals surface area (Å²) in [7, 11) is -2.38. The molecule has 0 spiro atoms. The third-order valence-corrected chi connectivity index (χ3v) is 3.90. The first kappa shape index (κ1) is 16.7. The molecule has 1 N–H and O–H groups in total. The molecule has 0 radical (unpaired) electrons. The highest BCUT2D eigenvalue weighted by Crippen LogP contribution is 2.43. The maximum Gasteiger partial charge on any atom is 0.459 e. The molecule has 20 heavy (non-hydrogen) atoms. The third-order valence-electron chi connectivity index (χ3n) is 2.27. The van der Waals surface area contributed by atoms with E-state index < -0.39 is 19.8 Å². The van der Waals surface area contributed by atoms with E-state index in [0.717, 1.165) is 0 Å². The number of nitrogens with one attached hydrogen (secondary N) is 1. The van der Waals surface area contributed by atoms with Crippen molar-refractivity contribution in [3.05, 3.63) is 30.3 Å². The molecule has 2 atom stereocenters. The molecule has 0 saturated carbocycles. The molecule has 0 heterocycles. The van der Waals surface area contributed by atoms with Crippen LogP contribution in [0.15, 0.2) is 30.3 Å². The van der Waals surface area contributed by atoms with Gasteiger partial charge in [-0.15, -0.1) is 0 Å². The van der Waals surface area contributed by atoms with Crippen LogP contribution in [0.3, 0.4) is 0 Å². The number of para-hydroxylation sites is 1. The van der Waals surface area contributed by atoms with Crippen LogP contribution in [0.2, 0.25) is 0 Å². The maximum absolute atomic E-state index is 12.4. The van der Waals surface area contributed by atoms with Crippen molar-refractivity contribution in [3.8, 4) is 5.75 Å². The van der Waals surface area contributed by atoms with Crippen molar-refractivity contribution < 1.29 is 23.1 Å². The molecule has 112 valence electrons. The van der Waals surface area contributed by atoms with Gasteiger partial charge in [-0.2, -0.15) is 5.09 Å². The Morgan fingerprint density at radius 1 is 1.20 bits per heavy atom. The van der Waals surface area contributed by atoms with Gasteiger partial charge < -0.3 is 9.26 Å². The van der Waals surface area contributed by atoms with Gasteiger partial charge in [0.25, 0.3) is 0 Å². The topological polar surface area (TPSA) is 73.9 Å². The number of benzene rings is 1. The van der Waals surface area contributed by atoms with Crippen LogP contribution < -0.4 is 9.61 Å². The van der Waals surface area contributed by atoms with Crippen molar-refractivity contribution in [2.75, 3.05) is 7.11 Å². The monoisotopic (exact) mass is 301 g/mol. The summed E-state index contributed by atoms with van der Waals surface area (Å²) in [5, 5.41) is 2.53. The number of ether oxygens (including phenoxy) is 1. The Labute approximate surface area is 119 Å². The highest BCUT2D eigenvalue weighted by atomic mass is 31.2. The molecule has 0 saturated heterocycles. The van der Waals surface area contributed by atoms with Gasteiger partial charge in [0.15, 0.2) is 0 Å². The molecule has 0 amide bonds. The lowest BCUT2D eigenvalue weighted by atomic mass is 10.3. The highest BCUT2D eigenvalue weighted by molar-refractivity contribution is 7.52. The Kier molecular flexibility index (Phi) is 6.20. The maximum atomic E-state index is 12.4. The van der Waals surface area contributed by atoms with Gasteiger partial charge in [0, 0.05) is 7.11 Å². The van der Waals surface area contributed by atoms with Gasteiger partial charge in [-0.05, 0) is 32.9 Å². The first-order chi connectivity index (χ1) is 9.36. The first-order valence-electron chi connectivity index (χ1n) is 6.25. The second-order valence-corrected chi connectivity index (χ2v) is 6.22. The van der Waals surface area contributed by atoms with Crippen LogP contribution in [0.4, 0.5) is 0 Å². The normalized spacial score (nSPS) is 15.4. The van der Waals surface area contributed by atoms with Crippen LogP contribution in [-0.2, 0) is 18.6 Å². The van der Waals surface area contributed by atoms with Crippen LogP contribution in [0.25, 0.3) is 0 Å². The summed E-state index contributed by atoms with van der Waals surface area (Å²) in [4.78, 5) is 11.7. The minimum absolute atomic E-state index is 0.247. The molecule has 7 heteroatoms. The standard InChI is InChI=1S/C13H20NO5P/c1-10(2)18-13(15)11(3)14-20(16,17-4)19-12-8-6-5-7-9-12/h5-11H,1-4H3,(H,14,16)/t11-,20-/m0/s1. The summed E-state index contributed by atoms with van der Waals surface area (Å²) in [6.07, 6.45) is -0.247.